The van der Waals surface area contributed by atoms with Gasteiger partial charge in [-0.25, -0.2) is 4.98 Å². The zero-order chi connectivity index (χ0) is 11.1. The molecule has 1 aliphatic rings. The molecule has 0 N–H and O–H groups in total. The van der Waals surface area contributed by atoms with E-state index in [1.807, 2.05) is 19.9 Å². The maximum Gasteiger partial charge on any atom is 0.217 e. The largest absolute Gasteiger partial charge is 0.471 e. The first kappa shape index (κ1) is 10.6. The zero-order valence-corrected chi connectivity index (χ0v) is 10.2. The number of halogens is 1. The van der Waals surface area contributed by atoms with Crippen molar-refractivity contribution in [2.75, 3.05) is 0 Å². The fraction of sp³-hybridized carbons (Fsp3) is 0.455. The van der Waals surface area contributed by atoms with Crippen molar-refractivity contribution in [1.29, 1.82) is 0 Å². The Bertz CT molecular complexity index is 404. The van der Waals surface area contributed by atoms with Crippen LogP contribution in [0.5, 0.6) is 5.88 Å². The second kappa shape index (κ2) is 3.59. The molecule has 0 fully saturated rings. The first-order valence-electron chi connectivity index (χ1n) is 4.81. The highest BCUT2D eigenvalue weighted by atomic mass is 79.9. The molecule has 15 heavy (non-hydrogen) atoms. The average Bonchev–Trinajstić information content (AvgIpc) is 2.17. The van der Waals surface area contributed by atoms with E-state index >= 15 is 0 Å². The van der Waals surface area contributed by atoms with E-state index in [4.69, 9.17) is 4.74 Å². The van der Waals surface area contributed by atoms with Crippen LogP contribution in [0, 0.1) is 5.92 Å². The molecule has 2 heterocycles. The Morgan fingerprint density at radius 1 is 1.67 bits per heavy atom. The standard InChI is InChI=1S/C11H12BrNO2/c1-11(2)8(6-14)3-7-4-9(12)5-13-10(7)15-11/h4-6,8H,3H2,1-2H3. The Hall–Kier alpha value is -0.900. The van der Waals surface area contributed by atoms with Crippen molar-refractivity contribution in [3.05, 3.63) is 22.3 Å². The Labute approximate surface area is 97.0 Å². The second-order valence-electron chi connectivity index (χ2n) is 4.27. The third-order valence-corrected chi connectivity index (χ3v) is 3.18. The molecular formula is C11H12BrNO2. The maximum atomic E-state index is 11.0. The molecule has 0 amide bonds. The quantitative estimate of drug-likeness (QED) is 0.735. The molecule has 0 bridgehead atoms. The predicted molar refractivity (Wildman–Crippen MR) is 59.9 cm³/mol. The van der Waals surface area contributed by atoms with Crippen LogP contribution in [-0.2, 0) is 11.2 Å². The van der Waals surface area contributed by atoms with Crippen molar-refractivity contribution in [3.63, 3.8) is 0 Å². The number of fused-ring (bicyclic) bond motifs is 1. The van der Waals surface area contributed by atoms with Crippen molar-refractivity contribution in [1.82, 2.24) is 4.98 Å². The van der Waals surface area contributed by atoms with Gasteiger partial charge in [-0.1, -0.05) is 0 Å². The molecule has 4 heteroatoms. The van der Waals surface area contributed by atoms with Crippen molar-refractivity contribution in [2.24, 2.45) is 5.92 Å². The minimum absolute atomic E-state index is 0.110. The molecule has 0 aliphatic carbocycles. The summed E-state index contributed by atoms with van der Waals surface area (Å²) in [5.41, 5.74) is 0.524. The van der Waals surface area contributed by atoms with Gasteiger partial charge in [0.2, 0.25) is 5.88 Å². The summed E-state index contributed by atoms with van der Waals surface area (Å²) in [5.74, 6) is 0.530. The second-order valence-corrected chi connectivity index (χ2v) is 5.19. The van der Waals surface area contributed by atoms with Gasteiger partial charge in [-0.2, -0.15) is 0 Å². The Morgan fingerprint density at radius 3 is 3.07 bits per heavy atom. The highest BCUT2D eigenvalue weighted by Gasteiger charge is 2.37. The fourth-order valence-corrected chi connectivity index (χ4v) is 2.11. The molecule has 0 saturated heterocycles. The van der Waals surface area contributed by atoms with Crippen LogP contribution in [0.1, 0.15) is 19.4 Å². The SMILES string of the molecule is CC1(C)Oc2ncc(Br)cc2CC1C=O. The number of hydrogen-bond acceptors (Lipinski definition) is 3. The van der Waals surface area contributed by atoms with Crippen LogP contribution in [0.3, 0.4) is 0 Å². The van der Waals surface area contributed by atoms with E-state index in [0.29, 0.717) is 12.3 Å². The summed E-state index contributed by atoms with van der Waals surface area (Å²) in [6.07, 6.45) is 3.36. The van der Waals surface area contributed by atoms with Crippen molar-refractivity contribution in [3.8, 4) is 5.88 Å². The van der Waals surface area contributed by atoms with E-state index in [9.17, 15) is 4.79 Å². The molecule has 1 unspecified atom stereocenters. The van der Waals surface area contributed by atoms with Crippen molar-refractivity contribution < 1.29 is 9.53 Å². The van der Waals surface area contributed by atoms with Crippen molar-refractivity contribution in [2.45, 2.75) is 25.9 Å². The van der Waals surface area contributed by atoms with Crippen molar-refractivity contribution >= 4 is 22.2 Å². The van der Waals surface area contributed by atoms with Gasteiger partial charge < -0.3 is 9.53 Å². The number of hydrogen-bond donors (Lipinski definition) is 0. The summed E-state index contributed by atoms with van der Waals surface area (Å²) in [5, 5.41) is 0. The van der Waals surface area contributed by atoms with Crippen LogP contribution in [0.25, 0.3) is 0 Å². The third-order valence-electron chi connectivity index (χ3n) is 2.75. The van der Waals surface area contributed by atoms with Crippen LogP contribution in [0.2, 0.25) is 0 Å². The fourth-order valence-electron chi connectivity index (χ4n) is 1.73. The highest BCUT2D eigenvalue weighted by Crippen LogP contribution is 2.35. The van der Waals surface area contributed by atoms with Gasteiger partial charge >= 0.3 is 0 Å². The molecule has 3 nitrogen and oxygen atoms in total. The number of ether oxygens (including phenoxy) is 1. The summed E-state index contributed by atoms with van der Waals surface area (Å²) in [6.45, 7) is 3.83. The van der Waals surface area contributed by atoms with Crippen LogP contribution >= 0.6 is 15.9 Å². The number of nitrogens with zero attached hydrogens (tertiary/aromatic N) is 1. The molecule has 0 spiro atoms. The minimum atomic E-state index is -0.463. The smallest absolute Gasteiger partial charge is 0.217 e. The van der Waals surface area contributed by atoms with Crippen LogP contribution in [0.4, 0.5) is 0 Å². The Balaban J connectivity index is 2.42. The summed E-state index contributed by atoms with van der Waals surface area (Å²) < 4.78 is 6.63. The first-order chi connectivity index (χ1) is 7.03. The summed E-state index contributed by atoms with van der Waals surface area (Å²) in [4.78, 5) is 15.2. The lowest BCUT2D eigenvalue weighted by Gasteiger charge is -2.36. The number of carbonyl (C=O) groups is 1. The monoisotopic (exact) mass is 269 g/mol. The number of aromatic nitrogens is 1. The van der Waals surface area contributed by atoms with Gasteiger partial charge in [0, 0.05) is 16.2 Å². The lowest BCUT2D eigenvalue weighted by molar-refractivity contribution is -0.117. The van der Waals surface area contributed by atoms with Crippen LogP contribution in [-0.4, -0.2) is 16.9 Å². The van der Waals surface area contributed by atoms with Gasteiger partial charge in [-0.3, -0.25) is 0 Å². The van der Waals surface area contributed by atoms with Gasteiger partial charge in [0.05, 0.1) is 5.92 Å². The molecule has 1 aliphatic heterocycles. The van der Waals surface area contributed by atoms with Gasteiger partial charge in [-0.05, 0) is 42.3 Å². The molecule has 1 aromatic rings. The van der Waals surface area contributed by atoms with E-state index in [1.54, 1.807) is 6.20 Å². The Kier molecular flexibility index (Phi) is 2.54. The lowest BCUT2D eigenvalue weighted by atomic mass is 9.84. The van der Waals surface area contributed by atoms with Gasteiger partial charge in [0.1, 0.15) is 11.9 Å². The number of aldehydes is 1. The normalized spacial score (nSPS) is 22.7. The zero-order valence-electron chi connectivity index (χ0n) is 8.66. The Morgan fingerprint density at radius 2 is 2.40 bits per heavy atom. The third kappa shape index (κ3) is 1.91. The number of carbonyl (C=O) groups excluding carboxylic acids is 1. The highest BCUT2D eigenvalue weighted by molar-refractivity contribution is 9.10. The van der Waals surface area contributed by atoms with E-state index in [0.717, 1.165) is 16.3 Å². The first-order valence-corrected chi connectivity index (χ1v) is 5.61. The molecule has 2 rings (SSSR count). The van der Waals surface area contributed by atoms with Gasteiger partial charge in [0.15, 0.2) is 0 Å². The molecule has 1 aromatic heterocycles. The molecule has 1 atom stereocenters. The van der Waals surface area contributed by atoms with E-state index in [1.165, 1.54) is 0 Å². The molecular weight excluding hydrogens is 258 g/mol. The van der Waals surface area contributed by atoms with Gasteiger partial charge in [-0.15, -0.1) is 0 Å². The predicted octanol–water partition coefficient (Wildman–Crippen LogP) is 2.37. The molecule has 0 aromatic carbocycles. The van der Waals surface area contributed by atoms with E-state index in [2.05, 4.69) is 20.9 Å². The number of pyridine rings is 1. The topological polar surface area (TPSA) is 39.2 Å². The number of rotatable bonds is 1. The molecule has 0 saturated carbocycles. The molecule has 0 radical (unpaired) electrons. The van der Waals surface area contributed by atoms with E-state index < -0.39 is 5.60 Å². The lowest BCUT2D eigenvalue weighted by Crippen LogP contribution is -2.43. The summed E-state index contributed by atoms with van der Waals surface area (Å²) in [7, 11) is 0. The van der Waals surface area contributed by atoms with Crippen LogP contribution in [0.15, 0.2) is 16.7 Å². The van der Waals surface area contributed by atoms with E-state index in [-0.39, 0.29) is 5.92 Å². The summed E-state index contributed by atoms with van der Waals surface area (Å²) >= 11 is 3.35. The molecule has 80 valence electrons. The maximum absolute atomic E-state index is 11.0. The average molecular weight is 270 g/mol. The van der Waals surface area contributed by atoms with Crippen LogP contribution < -0.4 is 4.74 Å². The van der Waals surface area contributed by atoms with Gasteiger partial charge in [0.25, 0.3) is 0 Å². The minimum Gasteiger partial charge on any atom is -0.471 e. The summed E-state index contributed by atoms with van der Waals surface area (Å²) in [6, 6.07) is 1.95.